The number of aliphatic hydroxyl groups excluding tert-OH is 1. The van der Waals surface area contributed by atoms with Crippen molar-refractivity contribution in [1.29, 1.82) is 0 Å². The number of carbonyl (C=O) groups excluding carboxylic acids is 1. The molecule has 0 saturated heterocycles. The van der Waals surface area contributed by atoms with E-state index in [4.69, 9.17) is 5.11 Å². The third kappa shape index (κ3) is 5.57. The summed E-state index contributed by atoms with van der Waals surface area (Å²) in [6.45, 7) is 2.26. The Morgan fingerprint density at radius 1 is 1.09 bits per heavy atom. The topological polar surface area (TPSA) is 170 Å². The van der Waals surface area contributed by atoms with Gasteiger partial charge in [-0.05, 0) is 36.2 Å². The molecule has 3 aromatic carbocycles. The minimum Gasteiger partial charge on any atom is -0.396 e. The summed E-state index contributed by atoms with van der Waals surface area (Å²) in [5.74, 6) is -1.32. The van der Waals surface area contributed by atoms with E-state index in [1.165, 1.54) is 27.8 Å². The first-order chi connectivity index (χ1) is 22.2. The van der Waals surface area contributed by atoms with Gasteiger partial charge in [-0.1, -0.05) is 54.6 Å². The maximum Gasteiger partial charge on any atom is 0.279 e. The molecule has 2 aromatic heterocycles. The molecule has 13 heteroatoms. The second-order valence-electron chi connectivity index (χ2n) is 11.2. The van der Waals surface area contributed by atoms with Crippen molar-refractivity contribution in [2.24, 2.45) is 5.92 Å². The van der Waals surface area contributed by atoms with Crippen LogP contribution in [0, 0.1) is 16.0 Å². The number of non-ortho nitro benzene ring substituents is 1. The molecule has 0 fully saturated rings. The molecule has 0 bridgehead atoms. The van der Waals surface area contributed by atoms with Gasteiger partial charge in [0.2, 0.25) is 0 Å². The fraction of sp³-hybridized carbons (Fsp3) is 0.242. The normalized spacial score (nSPS) is 16.8. The third-order valence-electron chi connectivity index (χ3n) is 8.24. The van der Waals surface area contributed by atoms with Gasteiger partial charge >= 0.3 is 0 Å². The van der Waals surface area contributed by atoms with E-state index >= 15 is 0 Å². The highest BCUT2D eigenvalue weighted by atomic mass is 16.6. The number of aliphatic hydroxyl groups is 2. The number of nitro benzene ring substituents is 1. The molecule has 0 aliphatic carbocycles. The van der Waals surface area contributed by atoms with Crippen LogP contribution in [0.3, 0.4) is 0 Å². The van der Waals surface area contributed by atoms with E-state index in [1.807, 2.05) is 18.2 Å². The first kappa shape index (κ1) is 30.5. The minimum absolute atomic E-state index is 0.0190. The Kier molecular flexibility index (Phi) is 8.26. The van der Waals surface area contributed by atoms with E-state index in [0.717, 1.165) is 10.9 Å². The van der Waals surface area contributed by atoms with Gasteiger partial charge in [0.25, 0.3) is 17.2 Å². The Balaban J connectivity index is 1.24. The van der Waals surface area contributed by atoms with E-state index in [0.29, 0.717) is 41.8 Å². The number of hydrogen-bond donors (Lipinski definition) is 2. The zero-order valence-electron chi connectivity index (χ0n) is 24.9. The molecule has 13 nitrogen and oxygen atoms in total. The lowest BCUT2D eigenvalue weighted by molar-refractivity contribution is -0.385. The monoisotopic (exact) mass is 621 g/mol. The highest BCUT2D eigenvalue weighted by molar-refractivity contribution is 6.07. The number of nitrogens with zero attached hydrogens (tertiary/aromatic N) is 7. The standard InChI is InChI=1S/C33H31N7O6/c1-22(6-4-5-16-37-21-25(15-17-41)35-36-37)33(44)29-18-27(40(45)46)13-14-30(29)38(32(33)43)20-23-9-11-26(12-10-23)39-31(42)28-8-3-2-7-24(28)19-34-39/h2-4,6-14,18-19,21-22,41,44H,5,15-17,20H2,1H3/b6-4+/t22-,33+/m0/s1. The van der Waals surface area contributed by atoms with Crippen LogP contribution in [-0.2, 0) is 29.9 Å². The summed E-state index contributed by atoms with van der Waals surface area (Å²) in [6.07, 6.45) is 7.87. The second kappa shape index (κ2) is 12.5. The van der Waals surface area contributed by atoms with Gasteiger partial charge in [-0.25, -0.2) is 0 Å². The molecule has 0 unspecified atom stereocenters. The molecule has 0 radical (unpaired) electrons. The maximum atomic E-state index is 14.0. The minimum atomic E-state index is -2.04. The molecule has 6 rings (SSSR count). The van der Waals surface area contributed by atoms with Crippen LogP contribution in [0.4, 0.5) is 11.4 Å². The molecule has 46 heavy (non-hydrogen) atoms. The molecule has 0 saturated carbocycles. The van der Waals surface area contributed by atoms with Crippen molar-refractivity contribution >= 4 is 28.1 Å². The number of carbonyl (C=O) groups is 1. The molecule has 0 spiro atoms. The number of fused-ring (bicyclic) bond motifs is 2. The fourth-order valence-electron chi connectivity index (χ4n) is 5.73. The van der Waals surface area contributed by atoms with Crippen LogP contribution < -0.4 is 10.5 Å². The lowest BCUT2D eigenvalue weighted by atomic mass is 9.82. The van der Waals surface area contributed by atoms with Gasteiger partial charge in [0.1, 0.15) is 0 Å². The first-order valence-corrected chi connectivity index (χ1v) is 14.8. The summed E-state index contributed by atoms with van der Waals surface area (Å²) in [6, 6.07) is 18.3. The van der Waals surface area contributed by atoms with Crippen LogP contribution in [0.2, 0.25) is 0 Å². The highest BCUT2D eigenvalue weighted by Crippen LogP contribution is 2.47. The van der Waals surface area contributed by atoms with Gasteiger partial charge in [-0.2, -0.15) is 9.78 Å². The van der Waals surface area contributed by atoms with Crippen molar-refractivity contribution in [3.8, 4) is 5.69 Å². The third-order valence-corrected chi connectivity index (χ3v) is 8.24. The number of aryl methyl sites for hydroxylation is 1. The van der Waals surface area contributed by atoms with E-state index < -0.39 is 22.3 Å². The van der Waals surface area contributed by atoms with Crippen LogP contribution >= 0.6 is 0 Å². The van der Waals surface area contributed by atoms with Gasteiger partial charge < -0.3 is 15.1 Å². The van der Waals surface area contributed by atoms with Gasteiger partial charge in [-0.15, -0.1) is 5.10 Å². The first-order valence-electron chi connectivity index (χ1n) is 14.8. The number of hydrogen-bond acceptors (Lipinski definition) is 9. The van der Waals surface area contributed by atoms with Crippen molar-refractivity contribution in [2.45, 2.75) is 38.5 Å². The number of allylic oxidation sites excluding steroid dienone is 1. The SMILES string of the molecule is C[C@@H](/C=C/CCn1cc(CCO)nn1)[C@]1(O)C(=O)N(Cc2ccc(-n3ncc4ccccc4c3=O)cc2)c2ccc([N+](=O)[O-])cc21. The molecule has 1 aliphatic rings. The summed E-state index contributed by atoms with van der Waals surface area (Å²) in [4.78, 5) is 39.5. The Morgan fingerprint density at radius 2 is 1.87 bits per heavy atom. The van der Waals surface area contributed by atoms with E-state index in [2.05, 4.69) is 15.4 Å². The predicted octanol–water partition coefficient (Wildman–Crippen LogP) is 3.44. The molecule has 1 amide bonds. The molecule has 234 valence electrons. The second-order valence-corrected chi connectivity index (χ2v) is 11.2. The highest BCUT2D eigenvalue weighted by Gasteiger charge is 2.53. The number of aromatic nitrogens is 5. The summed E-state index contributed by atoms with van der Waals surface area (Å²) >= 11 is 0. The summed E-state index contributed by atoms with van der Waals surface area (Å²) in [5.41, 5.74) is -0.0301. The molecule has 3 heterocycles. The molecule has 2 N–H and O–H groups in total. The zero-order chi connectivity index (χ0) is 32.4. The maximum absolute atomic E-state index is 14.0. The molecular weight excluding hydrogens is 590 g/mol. The number of benzene rings is 3. The Morgan fingerprint density at radius 3 is 2.63 bits per heavy atom. The van der Waals surface area contributed by atoms with Crippen LogP contribution in [-0.4, -0.2) is 52.4 Å². The fourth-order valence-corrected chi connectivity index (χ4v) is 5.73. The van der Waals surface area contributed by atoms with Gasteiger partial charge in [0, 0.05) is 54.8 Å². The molecular formula is C33H31N7O6. The van der Waals surface area contributed by atoms with E-state index in [-0.39, 0.29) is 30.0 Å². The van der Waals surface area contributed by atoms with Crippen molar-refractivity contribution in [3.63, 3.8) is 0 Å². The van der Waals surface area contributed by atoms with Gasteiger partial charge in [0.15, 0.2) is 5.60 Å². The van der Waals surface area contributed by atoms with Crippen molar-refractivity contribution in [3.05, 3.63) is 129 Å². The number of rotatable bonds is 11. The summed E-state index contributed by atoms with van der Waals surface area (Å²) < 4.78 is 2.96. The molecule has 2 atom stereocenters. The molecule has 5 aromatic rings. The van der Waals surface area contributed by atoms with Crippen LogP contribution in [0.1, 0.15) is 30.2 Å². The summed E-state index contributed by atoms with van der Waals surface area (Å²) in [7, 11) is 0. The van der Waals surface area contributed by atoms with Crippen molar-refractivity contribution < 1.29 is 19.9 Å². The Hall–Kier alpha value is -5.53. The summed E-state index contributed by atoms with van der Waals surface area (Å²) in [5, 5.41) is 46.3. The van der Waals surface area contributed by atoms with Crippen LogP contribution in [0.15, 0.2) is 96.1 Å². The zero-order valence-corrected chi connectivity index (χ0v) is 24.9. The lowest BCUT2D eigenvalue weighted by Crippen LogP contribution is -2.44. The predicted molar refractivity (Wildman–Crippen MR) is 169 cm³/mol. The number of amides is 1. The number of anilines is 1. The van der Waals surface area contributed by atoms with Gasteiger partial charge in [-0.3, -0.25) is 24.4 Å². The van der Waals surface area contributed by atoms with Crippen LogP contribution in [0.5, 0.6) is 0 Å². The van der Waals surface area contributed by atoms with E-state index in [9.17, 15) is 24.8 Å². The van der Waals surface area contributed by atoms with Crippen molar-refractivity contribution in [2.75, 3.05) is 11.5 Å². The van der Waals surface area contributed by atoms with Crippen LogP contribution in [0.25, 0.3) is 16.5 Å². The molecule has 1 aliphatic heterocycles. The van der Waals surface area contributed by atoms with Crippen molar-refractivity contribution in [1.82, 2.24) is 24.8 Å². The quantitative estimate of drug-likeness (QED) is 0.127. The van der Waals surface area contributed by atoms with E-state index in [1.54, 1.807) is 66.5 Å². The Labute approximate surface area is 262 Å². The average Bonchev–Trinajstić information content (AvgIpc) is 3.60. The van der Waals surface area contributed by atoms with Gasteiger partial charge in [0.05, 0.1) is 40.1 Å². The largest absolute Gasteiger partial charge is 0.396 e. The number of nitro groups is 1. The lowest BCUT2D eigenvalue weighted by Gasteiger charge is -2.27. The average molecular weight is 622 g/mol. The Bertz CT molecular complexity index is 2020. The smallest absolute Gasteiger partial charge is 0.279 e.